The minimum Gasteiger partial charge on any atom is -0.375 e. The average Bonchev–Trinajstić information content (AvgIpc) is 2.80. The normalized spacial score (nSPS) is 18.6. The molecule has 3 rings (SSSR count). The van der Waals surface area contributed by atoms with Gasteiger partial charge >= 0.3 is 0 Å². The molecule has 0 radical (unpaired) electrons. The van der Waals surface area contributed by atoms with Gasteiger partial charge in [-0.15, -0.1) is 0 Å². The zero-order valence-electron chi connectivity index (χ0n) is 16.3. The maximum absolute atomic E-state index is 13.1. The van der Waals surface area contributed by atoms with Crippen molar-refractivity contribution >= 4 is 17.4 Å². The number of benzene rings is 2. The number of Topliss-reactive ketones (excluding diaryl/α,β-unsaturated/α-hetero) is 1. The summed E-state index contributed by atoms with van der Waals surface area (Å²) in [6, 6.07) is 10.9. The molecule has 0 spiro atoms. The van der Waals surface area contributed by atoms with Gasteiger partial charge in [0.15, 0.2) is 11.4 Å². The Hall–Kier alpha value is -2.72. The van der Waals surface area contributed by atoms with E-state index in [1.807, 2.05) is 45.9 Å². The average molecular weight is 363 g/mol. The molecule has 0 bridgehead atoms. The molecule has 0 aromatic heterocycles. The fourth-order valence-electron chi connectivity index (χ4n) is 3.69. The summed E-state index contributed by atoms with van der Waals surface area (Å²) in [6.45, 7) is 11.8. The Morgan fingerprint density at radius 2 is 1.74 bits per heavy atom. The molecule has 0 saturated heterocycles. The number of aliphatic hydroxyl groups is 1. The first kappa shape index (κ1) is 19.1. The van der Waals surface area contributed by atoms with E-state index in [1.165, 1.54) is 4.90 Å². The Kier molecular flexibility index (Phi) is 4.79. The van der Waals surface area contributed by atoms with Crippen molar-refractivity contribution in [2.45, 2.75) is 39.7 Å². The molecule has 4 nitrogen and oxygen atoms in total. The van der Waals surface area contributed by atoms with E-state index >= 15 is 0 Å². The van der Waals surface area contributed by atoms with Crippen LogP contribution in [-0.2, 0) is 10.4 Å². The number of anilines is 1. The van der Waals surface area contributed by atoms with Crippen LogP contribution in [0.1, 0.15) is 46.0 Å². The maximum atomic E-state index is 13.1. The van der Waals surface area contributed by atoms with Crippen LogP contribution in [0.25, 0.3) is 0 Å². The summed E-state index contributed by atoms with van der Waals surface area (Å²) < 4.78 is 0. The highest BCUT2D eigenvalue weighted by Crippen LogP contribution is 2.43. The number of para-hydroxylation sites is 1. The van der Waals surface area contributed by atoms with E-state index in [2.05, 4.69) is 6.58 Å². The Morgan fingerprint density at radius 3 is 2.41 bits per heavy atom. The van der Waals surface area contributed by atoms with Crippen molar-refractivity contribution in [3.8, 4) is 0 Å². The minimum absolute atomic E-state index is 0.238. The number of hydrogen-bond donors (Lipinski definition) is 1. The van der Waals surface area contributed by atoms with Crippen LogP contribution in [0.15, 0.2) is 48.6 Å². The van der Waals surface area contributed by atoms with Crippen LogP contribution in [-0.4, -0.2) is 23.3 Å². The third kappa shape index (κ3) is 3.21. The predicted molar refractivity (Wildman–Crippen MR) is 107 cm³/mol. The Morgan fingerprint density at radius 1 is 1.11 bits per heavy atom. The predicted octanol–water partition coefficient (Wildman–Crippen LogP) is 4.00. The summed E-state index contributed by atoms with van der Waals surface area (Å²) in [5.41, 5.74) is 3.59. The fraction of sp³-hybridized carbons (Fsp3) is 0.304. The highest BCUT2D eigenvalue weighted by molar-refractivity contribution is 6.11. The number of carbonyl (C=O) groups excluding carboxylic acids is 2. The Bertz CT molecular complexity index is 960. The number of rotatable bonds is 5. The van der Waals surface area contributed by atoms with Gasteiger partial charge in [0.25, 0.3) is 5.91 Å². The van der Waals surface area contributed by atoms with E-state index < -0.39 is 11.5 Å². The van der Waals surface area contributed by atoms with Crippen LogP contribution >= 0.6 is 0 Å². The van der Waals surface area contributed by atoms with Gasteiger partial charge < -0.3 is 10.0 Å². The number of aryl methyl sites for hydroxylation is 3. The van der Waals surface area contributed by atoms with Gasteiger partial charge in [0.2, 0.25) is 0 Å². The Labute approximate surface area is 160 Å². The van der Waals surface area contributed by atoms with E-state index in [0.29, 0.717) is 23.4 Å². The second-order valence-electron chi connectivity index (χ2n) is 7.58. The summed E-state index contributed by atoms with van der Waals surface area (Å²) in [4.78, 5) is 27.6. The molecule has 0 saturated carbocycles. The molecule has 2 aromatic carbocycles. The molecule has 2 aromatic rings. The first-order chi connectivity index (χ1) is 12.6. The molecular weight excluding hydrogens is 338 g/mol. The number of fused-ring (bicyclic) bond motifs is 1. The van der Waals surface area contributed by atoms with Crippen molar-refractivity contribution in [3.63, 3.8) is 0 Å². The van der Waals surface area contributed by atoms with E-state index in [1.54, 1.807) is 18.2 Å². The highest BCUT2D eigenvalue weighted by atomic mass is 16.3. The van der Waals surface area contributed by atoms with Crippen molar-refractivity contribution in [2.75, 3.05) is 11.4 Å². The first-order valence-corrected chi connectivity index (χ1v) is 9.04. The smallest absolute Gasteiger partial charge is 0.264 e. The molecule has 140 valence electrons. The minimum atomic E-state index is -1.85. The summed E-state index contributed by atoms with van der Waals surface area (Å²) in [7, 11) is 0. The molecular formula is C23H25NO3. The lowest BCUT2D eigenvalue weighted by Crippen LogP contribution is -2.42. The van der Waals surface area contributed by atoms with E-state index in [9.17, 15) is 14.7 Å². The van der Waals surface area contributed by atoms with E-state index in [4.69, 9.17) is 0 Å². The van der Waals surface area contributed by atoms with Crippen LogP contribution in [0.5, 0.6) is 0 Å². The molecule has 0 fully saturated rings. The molecule has 1 aliphatic heterocycles. The van der Waals surface area contributed by atoms with Gasteiger partial charge in [-0.05, 0) is 56.5 Å². The third-order valence-corrected chi connectivity index (χ3v) is 5.22. The van der Waals surface area contributed by atoms with Crippen molar-refractivity contribution in [3.05, 3.63) is 76.4 Å². The lowest BCUT2D eigenvalue weighted by molar-refractivity contribution is -0.135. The van der Waals surface area contributed by atoms with Crippen LogP contribution in [0.2, 0.25) is 0 Å². The van der Waals surface area contributed by atoms with Gasteiger partial charge in [0, 0.05) is 17.7 Å². The number of ketones is 1. The van der Waals surface area contributed by atoms with Gasteiger partial charge in [-0.2, -0.15) is 0 Å². The molecule has 27 heavy (non-hydrogen) atoms. The SMILES string of the molecule is C=C(C)CN1C(=O)[C@@](O)(CC(=O)c2cc(C)c(C)cc2C)c2ccccc21. The van der Waals surface area contributed by atoms with E-state index in [0.717, 1.165) is 22.3 Å². The van der Waals surface area contributed by atoms with Crippen molar-refractivity contribution in [2.24, 2.45) is 0 Å². The number of carbonyl (C=O) groups is 2. The van der Waals surface area contributed by atoms with Crippen molar-refractivity contribution in [1.82, 2.24) is 0 Å². The lowest BCUT2D eigenvalue weighted by Gasteiger charge is -2.23. The quantitative estimate of drug-likeness (QED) is 0.645. The van der Waals surface area contributed by atoms with Crippen molar-refractivity contribution < 1.29 is 14.7 Å². The van der Waals surface area contributed by atoms with Crippen LogP contribution in [0, 0.1) is 20.8 Å². The standard InChI is InChI=1S/C23H25NO3/c1-14(2)13-24-20-9-7-6-8-19(20)23(27,22(24)26)12-21(25)18-11-16(4)15(3)10-17(18)5/h6-11,27H,1,12-13H2,2-5H3/t23-/m1/s1. The highest BCUT2D eigenvalue weighted by Gasteiger charge is 2.50. The largest absolute Gasteiger partial charge is 0.375 e. The molecule has 0 unspecified atom stereocenters. The number of amides is 1. The van der Waals surface area contributed by atoms with Gasteiger partial charge in [-0.1, -0.05) is 36.4 Å². The molecule has 1 aliphatic rings. The lowest BCUT2D eigenvalue weighted by atomic mass is 9.86. The molecule has 1 N–H and O–H groups in total. The molecule has 1 amide bonds. The zero-order valence-corrected chi connectivity index (χ0v) is 16.3. The number of nitrogens with zero attached hydrogens (tertiary/aromatic N) is 1. The van der Waals surface area contributed by atoms with Crippen molar-refractivity contribution in [1.29, 1.82) is 0 Å². The molecule has 1 heterocycles. The maximum Gasteiger partial charge on any atom is 0.264 e. The summed E-state index contributed by atoms with van der Waals surface area (Å²) >= 11 is 0. The van der Waals surface area contributed by atoms with Gasteiger partial charge in [0.05, 0.1) is 12.1 Å². The van der Waals surface area contributed by atoms with Gasteiger partial charge in [-0.3, -0.25) is 9.59 Å². The van der Waals surface area contributed by atoms with Crippen LogP contribution in [0.3, 0.4) is 0 Å². The third-order valence-electron chi connectivity index (χ3n) is 5.22. The topological polar surface area (TPSA) is 57.6 Å². The zero-order chi connectivity index (χ0) is 19.9. The second kappa shape index (κ2) is 6.78. The number of hydrogen-bond acceptors (Lipinski definition) is 3. The second-order valence-corrected chi connectivity index (χ2v) is 7.58. The summed E-state index contributed by atoms with van der Waals surface area (Å²) in [5, 5.41) is 11.3. The molecule has 1 atom stereocenters. The molecule has 4 heteroatoms. The monoisotopic (exact) mass is 363 g/mol. The Balaban J connectivity index is 2.01. The van der Waals surface area contributed by atoms with E-state index in [-0.39, 0.29) is 12.2 Å². The first-order valence-electron chi connectivity index (χ1n) is 9.04. The van der Waals surface area contributed by atoms with Crippen LogP contribution < -0.4 is 4.90 Å². The van der Waals surface area contributed by atoms with Crippen LogP contribution in [0.4, 0.5) is 5.69 Å². The summed E-state index contributed by atoms with van der Waals surface area (Å²) in [6.07, 6.45) is -0.279. The summed E-state index contributed by atoms with van der Waals surface area (Å²) in [5.74, 6) is -0.708. The molecule has 0 aliphatic carbocycles. The van der Waals surface area contributed by atoms with Gasteiger partial charge in [0.1, 0.15) is 0 Å². The van der Waals surface area contributed by atoms with Gasteiger partial charge in [-0.25, -0.2) is 0 Å². The fourth-order valence-corrected chi connectivity index (χ4v) is 3.69.